The monoisotopic (exact) mass is 426 g/mol. The van der Waals surface area contributed by atoms with Gasteiger partial charge in [-0.1, -0.05) is 41.6 Å². The van der Waals surface area contributed by atoms with Crippen LogP contribution in [0, 0.1) is 19.7 Å². The number of rotatable bonds is 5. The van der Waals surface area contributed by atoms with Crippen LogP contribution in [0.1, 0.15) is 35.7 Å². The third-order valence-corrected chi connectivity index (χ3v) is 5.84. The predicted molar refractivity (Wildman–Crippen MR) is 122 cm³/mol. The molecule has 0 saturated carbocycles. The Morgan fingerprint density at radius 1 is 1.00 bits per heavy atom. The van der Waals surface area contributed by atoms with Gasteiger partial charge in [-0.05, 0) is 50.6 Å². The molecule has 0 saturated heterocycles. The van der Waals surface area contributed by atoms with Gasteiger partial charge in [0, 0.05) is 18.3 Å². The van der Waals surface area contributed by atoms with E-state index in [1.165, 1.54) is 6.07 Å². The third kappa shape index (κ3) is 3.26. The summed E-state index contributed by atoms with van der Waals surface area (Å²) in [5.41, 5.74) is 5.81. The van der Waals surface area contributed by atoms with Gasteiger partial charge in [-0.3, -0.25) is 4.98 Å². The van der Waals surface area contributed by atoms with Gasteiger partial charge >= 0.3 is 0 Å². The molecule has 0 aliphatic heterocycles. The minimum Gasteiger partial charge on any atom is -0.315 e. The minimum absolute atomic E-state index is 0.347. The zero-order chi connectivity index (χ0) is 22.2. The van der Waals surface area contributed by atoms with E-state index in [4.69, 9.17) is 4.98 Å². The molecule has 0 N–H and O–H groups in total. The Morgan fingerprint density at radius 3 is 2.53 bits per heavy atom. The van der Waals surface area contributed by atoms with E-state index in [1.54, 1.807) is 12.3 Å². The fourth-order valence-corrected chi connectivity index (χ4v) is 4.28. The SMILES string of the molecule is CCn1nnc(-c2ccc3nc(C)n([C@H](c4ccccc4)c4ncccc4F)c3c2)c1C. The van der Waals surface area contributed by atoms with Crippen LogP contribution in [-0.2, 0) is 6.54 Å². The molecule has 2 aromatic carbocycles. The quantitative estimate of drug-likeness (QED) is 0.392. The van der Waals surface area contributed by atoms with Crippen LogP contribution in [0.2, 0.25) is 0 Å². The molecule has 160 valence electrons. The summed E-state index contributed by atoms with van der Waals surface area (Å²) in [6.07, 6.45) is 1.63. The zero-order valence-corrected chi connectivity index (χ0v) is 18.2. The number of aryl methyl sites for hydroxylation is 2. The molecule has 32 heavy (non-hydrogen) atoms. The molecule has 0 aliphatic rings. The van der Waals surface area contributed by atoms with Crippen molar-refractivity contribution in [2.45, 2.75) is 33.4 Å². The molecule has 0 unspecified atom stereocenters. The lowest BCUT2D eigenvalue weighted by Gasteiger charge is -2.22. The molecule has 0 aliphatic carbocycles. The maximum Gasteiger partial charge on any atom is 0.147 e. The van der Waals surface area contributed by atoms with Crippen LogP contribution in [0.4, 0.5) is 4.39 Å². The summed E-state index contributed by atoms with van der Waals surface area (Å²) in [5, 5.41) is 8.63. The Hall–Kier alpha value is -3.87. The van der Waals surface area contributed by atoms with E-state index in [2.05, 4.69) is 25.9 Å². The number of aromatic nitrogens is 6. The first-order chi connectivity index (χ1) is 15.6. The van der Waals surface area contributed by atoms with Crippen LogP contribution in [-0.4, -0.2) is 29.5 Å². The molecule has 3 heterocycles. The number of pyridine rings is 1. The molecular weight excluding hydrogens is 403 g/mol. The Kier molecular flexibility index (Phi) is 5.01. The van der Waals surface area contributed by atoms with E-state index in [0.717, 1.165) is 45.9 Å². The van der Waals surface area contributed by atoms with Crippen molar-refractivity contribution >= 4 is 11.0 Å². The minimum atomic E-state index is -0.454. The van der Waals surface area contributed by atoms with Crippen molar-refractivity contribution < 1.29 is 4.39 Å². The van der Waals surface area contributed by atoms with Crippen LogP contribution < -0.4 is 0 Å². The number of hydrogen-bond acceptors (Lipinski definition) is 4. The van der Waals surface area contributed by atoms with E-state index in [1.807, 2.05) is 67.9 Å². The molecule has 5 rings (SSSR count). The third-order valence-electron chi connectivity index (χ3n) is 5.84. The average molecular weight is 426 g/mol. The number of benzene rings is 2. The van der Waals surface area contributed by atoms with Crippen LogP contribution >= 0.6 is 0 Å². The van der Waals surface area contributed by atoms with Gasteiger partial charge in [0.25, 0.3) is 0 Å². The van der Waals surface area contributed by atoms with Crippen molar-refractivity contribution in [3.05, 3.63) is 95.5 Å². The topological polar surface area (TPSA) is 61.4 Å². The summed E-state index contributed by atoms with van der Waals surface area (Å²) in [4.78, 5) is 9.18. The molecule has 7 heteroatoms. The summed E-state index contributed by atoms with van der Waals surface area (Å²) in [6.45, 7) is 6.75. The van der Waals surface area contributed by atoms with Crippen molar-refractivity contribution in [3.8, 4) is 11.3 Å². The first-order valence-corrected chi connectivity index (χ1v) is 10.6. The van der Waals surface area contributed by atoms with Gasteiger partial charge in [0.2, 0.25) is 0 Å². The normalized spacial score (nSPS) is 12.4. The maximum atomic E-state index is 15.0. The fourth-order valence-electron chi connectivity index (χ4n) is 4.28. The van der Waals surface area contributed by atoms with Crippen LogP contribution in [0.3, 0.4) is 0 Å². The smallest absolute Gasteiger partial charge is 0.147 e. The molecule has 6 nitrogen and oxygen atoms in total. The Balaban J connectivity index is 1.76. The van der Waals surface area contributed by atoms with Crippen LogP contribution in [0.15, 0.2) is 66.9 Å². The highest BCUT2D eigenvalue weighted by Crippen LogP contribution is 2.34. The van der Waals surface area contributed by atoms with E-state index < -0.39 is 6.04 Å². The van der Waals surface area contributed by atoms with Gasteiger partial charge < -0.3 is 4.57 Å². The number of hydrogen-bond donors (Lipinski definition) is 0. The molecular formula is C25H23FN6. The molecule has 3 aromatic heterocycles. The number of halogens is 1. The molecule has 0 spiro atoms. The second kappa shape index (κ2) is 8.00. The lowest BCUT2D eigenvalue weighted by atomic mass is 10.0. The zero-order valence-electron chi connectivity index (χ0n) is 18.2. The first-order valence-electron chi connectivity index (χ1n) is 10.6. The summed E-state index contributed by atoms with van der Waals surface area (Å²) in [6, 6.07) is 18.5. The lowest BCUT2D eigenvalue weighted by molar-refractivity contribution is 0.556. The number of fused-ring (bicyclic) bond motifs is 1. The highest BCUT2D eigenvalue weighted by atomic mass is 19.1. The lowest BCUT2D eigenvalue weighted by Crippen LogP contribution is -2.16. The Labute approximate surface area is 185 Å². The number of nitrogens with zero attached hydrogens (tertiary/aromatic N) is 6. The molecule has 0 fully saturated rings. The second-order valence-corrected chi connectivity index (χ2v) is 7.76. The summed E-state index contributed by atoms with van der Waals surface area (Å²) >= 11 is 0. The summed E-state index contributed by atoms with van der Waals surface area (Å²) < 4.78 is 18.9. The van der Waals surface area contributed by atoms with Crippen LogP contribution in [0.25, 0.3) is 22.3 Å². The Bertz CT molecular complexity index is 1400. The molecule has 5 aromatic rings. The average Bonchev–Trinajstić information content (AvgIpc) is 3.34. The van der Waals surface area contributed by atoms with Gasteiger partial charge in [0.1, 0.15) is 29.1 Å². The van der Waals surface area contributed by atoms with Gasteiger partial charge in [0.05, 0.1) is 16.7 Å². The molecule has 1 atom stereocenters. The highest BCUT2D eigenvalue weighted by Gasteiger charge is 2.25. The van der Waals surface area contributed by atoms with E-state index in [-0.39, 0.29) is 5.82 Å². The van der Waals surface area contributed by atoms with Crippen LogP contribution in [0.5, 0.6) is 0 Å². The predicted octanol–water partition coefficient (Wildman–Crippen LogP) is 5.10. The summed E-state index contributed by atoms with van der Waals surface area (Å²) in [7, 11) is 0. The largest absolute Gasteiger partial charge is 0.315 e. The van der Waals surface area contributed by atoms with Crippen molar-refractivity contribution in [1.29, 1.82) is 0 Å². The van der Waals surface area contributed by atoms with E-state index in [0.29, 0.717) is 5.69 Å². The van der Waals surface area contributed by atoms with Gasteiger partial charge in [0.15, 0.2) is 0 Å². The van der Waals surface area contributed by atoms with E-state index in [9.17, 15) is 4.39 Å². The molecule has 0 bridgehead atoms. The standard InChI is InChI=1S/C25H23FN6/c1-4-31-16(2)23(29-30-31)19-12-13-21-22(15-19)32(17(3)28-21)25(18-9-6-5-7-10-18)24-20(26)11-8-14-27-24/h5-15,25H,4H2,1-3H3/t25-/m1/s1. The highest BCUT2D eigenvalue weighted by molar-refractivity contribution is 5.82. The second-order valence-electron chi connectivity index (χ2n) is 7.76. The maximum absolute atomic E-state index is 15.0. The first kappa shape index (κ1) is 20.1. The van der Waals surface area contributed by atoms with Crippen molar-refractivity contribution in [1.82, 2.24) is 29.5 Å². The van der Waals surface area contributed by atoms with E-state index >= 15 is 0 Å². The molecule has 0 radical (unpaired) electrons. The van der Waals surface area contributed by atoms with Gasteiger partial charge in [-0.2, -0.15) is 0 Å². The Morgan fingerprint density at radius 2 is 1.81 bits per heavy atom. The van der Waals surface area contributed by atoms with Gasteiger partial charge in [-0.25, -0.2) is 14.1 Å². The molecule has 0 amide bonds. The van der Waals surface area contributed by atoms with Crippen molar-refractivity contribution in [2.75, 3.05) is 0 Å². The fraction of sp³-hybridized carbons (Fsp3) is 0.200. The summed E-state index contributed by atoms with van der Waals surface area (Å²) in [5.74, 6) is 0.436. The van der Waals surface area contributed by atoms with Gasteiger partial charge in [-0.15, -0.1) is 5.10 Å². The van der Waals surface area contributed by atoms with Crippen molar-refractivity contribution in [3.63, 3.8) is 0 Å². The van der Waals surface area contributed by atoms with Crippen molar-refractivity contribution in [2.24, 2.45) is 0 Å². The number of imidazole rings is 1.